The summed E-state index contributed by atoms with van der Waals surface area (Å²) in [5, 5.41) is 5.13. The van der Waals surface area contributed by atoms with Gasteiger partial charge in [-0.25, -0.2) is 0 Å². The van der Waals surface area contributed by atoms with Crippen LogP contribution in [0.2, 0.25) is 0 Å². The maximum absolute atomic E-state index is 12.0. The summed E-state index contributed by atoms with van der Waals surface area (Å²) in [6, 6.07) is 26.5. The first-order valence-electron chi connectivity index (χ1n) is 19.8. The fourth-order valence-electron chi connectivity index (χ4n) is 8.68. The Hall–Kier alpha value is -4.23. The van der Waals surface area contributed by atoms with E-state index in [1.165, 1.54) is 55.5 Å². The molecule has 0 radical (unpaired) electrons. The van der Waals surface area contributed by atoms with Gasteiger partial charge in [-0.05, 0) is 98.7 Å². The van der Waals surface area contributed by atoms with E-state index in [1.54, 1.807) is 0 Å². The number of carbonyl (C=O) groups is 2. The normalized spacial score (nSPS) is 16.3. The summed E-state index contributed by atoms with van der Waals surface area (Å²) in [7, 11) is 0. The van der Waals surface area contributed by atoms with Crippen LogP contribution in [0.15, 0.2) is 96.7 Å². The highest BCUT2D eigenvalue weighted by Gasteiger charge is 2.45. The first-order valence-corrected chi connectivity index (χ1v) is 19.8. The molecule has 0 saturated heterocycles. The number of hydrogen-bond acceptors (Lipinski definition) is 5. The number of ether oxygens (including phenoxy) is 2. The molecule has 0 N–H and O–H groups in total. The maximum atomic E-state index is 12.0. The smallest absolute Gasteiger partial charge is 0.305 e. The molecule has 54 heavy (non-hydrogen) atoms. The average molecular weight is 794 g/mol. The van der Waals surface area contributed by atoms with Gasteiger partial charge in [0.2, 0.25) is 5.69 Å². The number of hydrogen-bond donors (Lipinski definition) is 0. The van der Waals surface area contributed by atoms with Gasteiger partial charge in [-0.15, -0.1) is 0 Å². The van der Waals surface area contributed by atoms with E-state index >= 15 is 0 Å². The van der Waals surface area contributed by atoms with Crippen LogP contribution in [0.3, 0.4) is 0 Å². The summed E-state index contributed by atoms with van der Waals surface area (Å²) < 4.78 is 12.8. The van der Waals surface area contributed by atoms with Crippen molar-refractivity contribution >= 4 is 50.6 Å². The van der Waals surface area contributed by atoms with E-state index in [0.717, 1.165) is 51.6 Å². The fourth-order valence-corrected chi connectivity index (χ4v) is 8.68. The van der Waals surface area contributed by atoms with Gasteiger partial charge in [-0.2, -0.15) is 4.58 Å². The van der Waals surface area contributed by atoms with Gasteiger partial charge < -0.3 is 31.4 Å². The molecule has 0 atom stereocenters. The molecule has 6 rings (SSSR count). The molecular formula is C47H57BrN2O4. The molecule has 0 spiro atoms. The molecule has 0 saturated carbocycles. The lowest BCUT2D eigenvalue weighted by atomic mass is 9.79. The Balaban J connectivity index is 0.00000561. The second-order valence-corrected chi connectivity index (χ2v) is 15.4. The number of anilines is 1. The summed E-state index contributed by atoms with van der Waals surface area (Å²) in [6.45, 7) is 15.8. The van der Waals surface area contributed by atoms with Crippen LogP contribution in [0, 0.1) is 0 Å². The van der Waals surface area contributed by atoms with Crippen LogP contribution in [0.5, 0.6) is 0 Å². The third-order valence-electron chi connectivity index (χ3n) is 11.2. The highest BCUT2D eigenvalue weighted by Crippen LogP contribution is 2.51. The zero-order chi connectivity index (χ0) is 37.6. The molecule has 2 aliphatic heterocycles. The number of halogens is 1. The van der Waals surface area contributed by atoms with E-state index in [9.17, 15) is 9.59 Å². The molecule has 0 aromatic heterocycles. The van der Waals surface area contributed by atoms with E-state index in [0.29, 0.717) is 26.1 Å². The molecule has 2 aliphatic rings. The van der Waals surface area contributed by atoms with Crippen molar-refractivity contribution in [3.05, 3.63) is 108 Å². The first-order chi connectivity index (χ1) is 25.6. The fraction of sp³-hybridized carbons (Fsp3) is 0.426. The Morgan fingerprint density at radius 1 is 0.685 bits per heavy atom. The number of carbonyl (C=O) groups excluding carboxylic acids is 2. The predicted octanol–water partition coefficient (Wildman–Crippen LogP) is 7.86. The van der Waals surface area contributed by atoms with Crippen molar-refractivity contribution in [3.63, 3.8) is 0 Å². The lowest BCUT2D eigenvalue weighted by Crippen LogP contribution is -3.00. The Labute approximate surface area is 332 Å². The Morgan fingerprint density at radius 3 is 1.89 bits per heavy atom. The number of esters is 2. The zero-order valence-electron chi connectivity index (χ0n) is 33.1. The highest BCUT2D eigenvalue weighted by atomic mass is 79.9. The number of unbranched alkanes of at least 4 members (excludes halogenated alkanes) is 4. The topological polar surface area (TPSA) is 58.8 Å². The predicted molar refractivity (Wildman–Crippen MR) is 219 cm³/mol. The lowest BCUT2D eigenvalue weighted by molar-refractivity contribution is -0.438. The number of fused-ring (bicyclic) bond motifs is 6. The van der Waals surface area contributed by atoms with Crippen LogP contribution in [0.1, 0.15) is 104 Å². The van der Waals surface area contributed by atoms with Crippen molar-refractivity contribution in [1.82, 2.24) is 0 Å². The Bertz CT molecular complexity index is 2070. The summed E-state index contributed by atoms with van der Waals surface area (Å²) in [6.07, 6.45) is 13.5. The molecule has 0 aliphatic carbocycles. The van der Waals surface area contributed by atoms with Crippen LogP contribution in [-0.4, -0.2) is 48.5 Å². The summed E-state index contributed by atoms with van der Waals surface area (Å²) in [5.41, 5.74) is 7.45. The van der Waals surface area contributed by atoms with Gasteiger partial charge in [0.1, 0.15) is 6.54 Å². The second-order valence-electron chi connectivity index (χ2n) is 15.4. The number of benzene rings is 4. The molecule has 0 unspecified atom stereocenters. The van der Waals surface area contributed by atoms with Crippen LogP contribution in [0.25, 0.3) is 21.5 Å². The molecule has 4 aromatic rings. The monoisotopic (exact) mass is 792 g/mol. The van der Waals surface area contributed by atoms with E-state index in [1.807, 2.05) is 13.8 Å². The third-order valence-corrected chi connectivity index (χ3v) is 11.2. The van der Waals surface area contributed by atoms with E-state index < -0.39 is 0 Å². The van der Waals surface area contributed by atoms with E-state index in [2.05, 4.69) is 128 Å². The van der Waals surface area contributed by atoms with Crippen molar-refractivity contribution in [1.29, 1.82) is 0 Å². The maximum Gasteiger partial charge on any atom is 0.305 e. The highest BCUT2D eigenvalue weighted by molar-refractivity contribution is 6.07. The largest absolute Gasteiger partial charge is 1.00 e. The zero-order valence-corrected chi connectivity index (χ0v) is 34.6. The van der Waals surface area contributed by atoms with Gasteiger partial charge in [-0.3, -0.25) is 9.59 Å². The van der Waals surface area contributed by atoms with Gasteiger partial charge in [0, 0.05) is 60.3 Å². The summed E-state index contributed by atoms with van der Waals surface area (Å²) >= 11 is 0. The van der Waals surface area contributed by atoms with Crippen LogP contribution >= 0.6 is 0 Å². The molecule has 0 fully saturated rings. The second kappa shape index (κ2) is 17.9. The van der Waals surface area contributed by atoms with Gasteiger partial charge in [0.25, 0.3) is 0 Å². The van der Waals surface area contributed by atoms with Gasteiger partial charge >= 0.3 is 11.9 Å². The molecular weight excluding hydrogens is 736 g/mol. The minimum absolute atomic E-state index is 0. The molecule has 286 valence electrons. The van der Waals surface area contributed by atoms with E-state index in [4.69, 9.17) is 9.47 Å². The minimum atomic E-state index is -0.209. The van der Waals surface area contributed by atoms with Crippen LogP contribution < -0.4 is 21.9 Å². The average Bonchev–Trinajstić information content (AvgIpc) is 3.50. The number of allylic oxidation sites excluding steroid dienone is 4. The molecule has 0 bridgehead atoms. The van der Waals surface area contributed by atoms with Crippen LogP contribution in [-0.2, 0) is 29.9 Å². The number of rotatable bonds is 16. The van der Waals surface area contributed by atoms with Crippen LogP contribution in [0.4, 0.5) is 11.4 Å². The van der Waals surface area contributed by atoms with Crippen molar-refractivity contribution in [2.45, 2.75) is 104 Å². The van der Waals surface area contributed by atoms with E-state index in [-0.39, 0.29) is 39.8 Å². The Morgan fingerprint density at radius 2 is 1.26 bits per heavy atom. The van der Waals surface area contributed by atoms with Crippen molar-refractivity contribution < 1.29 is 40.6 Å². The first kappa shape index (κ1) is 40.9. The summed E-state index contributed by atoms with van der Waals surface area (Å²) in [4.78, 5) is 26.5. The van der Waals surface area contributed by atoms with Crippen molar-refractivity contribution in [2.24, 2.45) is 0 Å². The van der Waals surface area contributed by atoms with Gasteiger partial charge in [0.15, 0.2) is 5.71 Å². The minimum Gasteiger partial charge on any atom is -1.00 e. The molecule has 6 nitrogen and oxygen atoms in total. The van der Waals surface area contributed by atoms with Gasteiger partial charge in [0.05, 0.1) is 18.6 Å². The van der Waals surface area contributed by atoms with Gasteiger partial charge in [-0.1, -0.05) is 80.9 Å². The molecule has 2 heterocycles. The quantitative estimate of drug-likeness (QED) is 0.0658. The molecule has 7 heteroatoms. The third kappa shape index (κ3) is 8.36. The number of nitrogens with zero attached hydrogens (tertiary/aromatic N) is 2. The molecule has 4 aromatic carbocycles. The SMILES string of the molecule is CCOC(=O)CCCCCN1/C(=C\C=C\C2=[N+](CCCCCC(=O)OCC)c3ccc4ccccc4c3C2(C)C)C(C)(C)c2c1ccc1ccccc21.[Br-]. The van der Waals surface area contributed by atoms with Crippen molar-refractivity contribution in [3.8, 4) is 0 Å². The standard InChI is InChI=1S/C47H57N2O4.BrH/c1-7-52-42(50)26-11-9-17-32-48-38-30-28-34-20-13-15-22-36(34)44(38)46(3,4)40(48)24-19-25-41-47(5,6)45-37-23-16-14-21-35(37)29-31-39(45)49(41)33-18-10-12-27-43(51)53-8-2;/h13-16,19-25,28-31H,7-12,17-18,26-27,32-33H2,1-6H3;1H/q+1;/p-1. The summed E-state index contributed by atoms with van der Waals surface area (Å²) in [5.74, 6) is -0.212. The molecule has 0 amide bonds. The van der Waals surface area contributed by atoms with Crippen molar-refractivity contribution in [2.75, 3.05) is 31.2 Å². The Kier molecular flexibility index (Phi) is 13.6. The lowest BCUT2D eigenvalue weighted by Gasteiger charge is -2.27.